The Morgan fingerprint density at radius 3 is 2.50 bits per heavy atom. The molecule has 1 amide bonds. The zero-order valence-corrected chi connectivity index (χ0v) is 21.2. The molecule has 0 aliphatic carbocycles. The van der Waals surface area contributed by atoms with Gasteiger partial charge < -0.3 is 14.6 Å². The molecule has 2 aromatic carbocycles. The van der Waals surface area contributed by atoms with E-state index in [2.05, 4.69) is 6.92 Å². The largest absolute Gasteiger partial charge is 0.490 e. The summed E-state index contributed by atoms with van der Waals surface area (Å²) in [6.45, 7) is 6.13. The molecule has 3 rings (SSSR count). The monoisotopic (exact) mass is 499 g/mol. The lowest BCUT2D eigenvalue weighted by Gasteiger charge is -2.17. The third-order valence-corrected chi connectivity index (χ3v) is 6.59. The second kappa shape index (κ2) is 12.0. The van der Waals surface area contributed by atoms with Gasteiger partial charge in [0.25, 0.3) is 5.91 Å². The zero-order chi connectivity index (χ0) is 24.7. The van der Waals surface area contributed by atoms with Crippen LogP contribution < -0.4 is 14.4 Å². The van der Waals surface area contributed by atoms with Gasteiger partial charge in [-0.25, -0.2) is 4.79 Å². The summed E-state index contributed by atoms with van der Waals surface area (Å²) in [5.74, 6) is -0.430. The number of aliphatic carboxylic acids is 1. The van der Waals surface area contributed by atoms with Gasteiger partial charge in [0.05, 0.1) is 17.2 Å². The lowest BCUT2D eigenvalue weighted by Crippen LogP contribution is -2.27. The molecule has 34 heavy (non-hydrogen) atoms. The SMILES string of the molecule is CCCCc1ccc(N2C(=O)/C(=C\c3ccc(OC(CC)C(=O)O)c(OCC)c3)SC2=S)cc1. The molecule has 1 heterocycles. The van der Waals surface area contributed by atoms with Crippen molar-refractivity contribution in [2.45, 2.75) is 52.6 Å². The highest BCUT2D eigenvalue weighted by Crippen LogP contribution is 2.37. The third-order valence-electron chi connectivity index (χ3n) is 5.29. The Hall–Kier alpha value is -2.84. The summed E-state index contributed by atoms with van der Waals surface area (Å²) < 4.78 is 11.8. The predicted molar refractivity (Wildman–Crippen MR) is 141 cm³/mol. The van der Waals surface area contributed by atoms with Crippen molar-refractivity contribution < 1.29 is 24.2 Å². The molecule has 8 heteroatoms. The molecule has 1 saturated heterocycles. The number of benzene rings is 2. The fourth-order valence-corrected chi connectivity index (χ4v) is 4.78. The maximum absolute atomic E-state index is 13.1. The van der Waals surface area contributed by atoms with Crippen molar-refractivity contribution in [2.24, 2.45) is 0 Å². The van der Waals surface area contributed by atoms with Crippen molar-refractivity contribution in [3.8, 4) is 11.5 Å². The van der Waals surface area contributed by atoms with Gasteiger partial charge in [-0.3, -0.25) is 9.69 Å². The number of thiocarbonyl (C=S) groups is 1. The summed E-state index contributed by atoms with van der Waals surface area (Å²) in [6, 6.07) is 13.1. The summed E-state index contributed by atoms with van der Waals surface area (Å²) >= 11 is 6.75. The van der Waals surface area contributed by atoms with Crippen molar-refractivity contribution in [1.82, 2.24) is 0 Å². The highest BCUT2D eigenvalue weighted by atomic mass is 32.2. The topological polar surface area (TPSA) is 76.1 Å². The Morgan fingerprint density at radius 2 is 1.88 bits per heavy atom. The zero-order valence-electron chi connectivity index (χ0n) is 19.6. The number of thioether (sulfide) groups is 1. The molecule has 0 saturated carbocycles. The molecule has 0 bridgehead atoms. The molecule has 0 radical (unpaired) electrons. The van der Waals surface area contributed by atoms with Crippen molar-refractivity contribution in [2.75, 3.05) is 11.5 Å². The summed E-state index contributed by atoms with van der Waals surface area (Å²) in [5, 5.41) is 9.29. The van der Waals surface area contributed by atoms with E-state index in [1.165, 1.54) is 17.3 Å². The van der Waals surface area contributed by atoms with Crippen molar-refractivity contribution in [3.63, 3.8) is 0 Å². The molecule has 6 nitrogen and oxygen atoms in total. The summed E-state index contributed by atoms with van der Waals surface area (Å²) in [6.07, 6.45) is 4.40. The molecular weight excluding hydrogens is 470 g/mol. The Morgan fingerprint density at radius 1 is 1.15 bits per heavy atom. The minimum Gasteiger partial charge on any atom is -0.490 e. The van der Waals surface area contributed by atoms with Gasteiger partial charge in [-0.1, -0.05) is 62.4 Å². The minimum absolute atomic E-state index is 0.175. The number of carboxylic acid groups (broad SMARTS) is 1. The van der Waals surface area contributed by atoms with E-state index in [1.807, 2.05) is 31.2 Å². The van der Waals surface area contributed by atoms with Crippen LogP contribution in [0.5, 0.6) is 11.5 Å². The highest BCUT2D eigenvalue weighted by Gasteiger charge is 2.33. The number of carboxylic acids is 1. The van der Waals surface area contributed by atoms with E-state index in [1.54, 1.807) is 36.1 Å². The lowest BCUT2D eigenvalue weighted by atomic mass is 10.1. The fraction of sp³-hybridized carbons (Fsp3) is 0.346. The Kier molecular flexibility index (Phi) is 9.12. The van der Waals surface area contributed by atoms with Crippen molar-refractivity contribution in [1.29, 1.82) is 0 Å². The van der Waals surface area contributed by atoms with Gasteiger partial charge in [-0.15, -0.1) is 0 Å². The Labute approximate surface area is 209 Å². The van der Waals surface area contributed by atoms with E-state index in [4.69, 9.17) is 21.7 Å². The van der Waals surface area contributed by atoms with Gasteiger partial charge in [-0.2, -0.15) is 0 Å². The lowest BCUT2D eigenvalue weighted by molar-refractivity contribution is -0.145. The van der Waals surface area contributed by atoms with Gasteiger partial charge in [0.15, 0.2) is 21.9 Å². The number of nitrogens with zero attached hydrogens (tertiary/aromatic N) is 1. The van der Waals surface area contributed by atoms with Crippen LogP contribution in [-0.4, -0.2) is 34.0 Å². The Bertz CT molecular complexity index is 1080. The van der Waals surface area contributed by atoms with Gasteiger partial charge in [0.2, 0.25) is 0 Å². The first-order valence-corrected chi connectivity index (χ1v) is 12.6. The predicted octanol–water partition coefficient (Wildman–Crippen LogP) is 6.08. The van der Waals surface area contributed by atoms with Crippen LogP contribution in [0.3, 0.4) is 0 Å². The van der Waals surface area contributed by atoms with Crippen LogP contribution in [0, 0.1) is 0 Å². The molecule has 1 N–H and O–H groups in total. The van der Waals surface area contributed by atoms with Gasteiger partial charge in [0, 0.05) is 0 Å². The van der Waals surface area contributed by atoms with E-state index >= 15 is 0 Å². The molecule has 1 aliphatic rings. The summed E-state index contributed by atoms with van der Waals surface area (Å²) in [7, 11) is 0. The summed E-state index contributed by atoms with van der Waals surface area (Å²) in [5.41, 5.74) is 2.73. The van der Waals surface area contributed by atoms with Crippen LogP contribution in [0.4, 0.5) is 5.69 Å². The molecule has 1 unspecified atom stereocenters. The van der Waals surface area contributed by atoms with E-state index in [-0.39, 0.29) is 5.91 Å². The molecule has 180 valence electrons. The van der Waals surface area contributed by atoms with Crippen LogP contribution in [-0.2, 0) is 16.0 Å². The minimum atomic E-state index is -1.03. The Balaban J connectivity index is 1.82. The van der Waals surface area contributed by atoms with Crippen LogP contribution in [0.2, 0.25) is 0 Å². The van der Waals surface area contributed by atoms with E-state index in [0.29, 0.717) is 33.8 Å². The van der Waals surface area contributed by atoms with Gasteiger partial charge in [-0.05, 0) is 67.7 Å². The molecule has 0 aromatic heterocycles. The number of ether oxygens (including phenoxy) is 2. The molecule has 1 fully saturated rings. The number of carbonyl (C=O) groups is 2. The molecule has 2 aromatic rings. The number of carbonyl (C=O) groups excluding carboxylic acids is 1. The van der Waals surface area contributed by atoms with Crippen LogP contribution in [0.15, 0.2) is 47.4 Å². The quantitative estimate of drug-likeness (QED) is 0.297. The highest BCUT2D eigenvalue weighted by molar-refractivity contribution is 8.27. The molecule has 0 spiro atoms. The standard InChI is InChI=1S/C26H29NO5S2/c1-4-7-8-17-9-12-19(13-10-17)27-24(28)23(34-26(27)33)16-18-11-14-21(22(15-18)31-6-3)32-20(5-2)25(29)30/h9-16,20H,4-8H2,1-3H3,(H,29,30)/b23-16+. The average Bonchev–Trinajstić information content (AvgIpc) is 3.10. The van der Waals surface area contributed by atoms with E-state index < -0.39 is 12.1 Å². The van der Waals surface area contributed by atoms with Crippen LogP contribution >= 0.6 is 24.0 Å². The first-order valence-electron chi connectivity index (χ1n) is 11.4. The molecule has 1 aliphatic heterocycles. The number of amides is 1. The van der Waals surface area contributed by atoms with Crippen molar-refractivity contribution >= 4 is 51.9 Å². The number of hydrogen-bond donors (Lipinski definition) is 1. The number of anilines is 1. The van der Waals surface area contributed by atoms with Crippen LogP contribution in [0.1, 0.15) is 51.2 Å². The second-order valence-corrected chi connectivity index (χ2v) is 9.46. The van der Waals surface area contributed by atoms with Crippen LogP contribution in [0.25, 0.3) is 6.08 Å². The molecule has 1 atom stereocenters. The number of unbranched alkanes of at least 4 members (excludes halogenated alkanes) is 1. The smallest absolute Gasteiger partial charge is 0.344 e. The normalized spacial score (nSPS) is 15.6. The van der Waals surface area contributed by atoms with Crippen molar-refractivity contribution in [3.05, 3.63) is 58.5 Å². The first-order chi connectivity index (χ1) is 16.4. The second-order valence-electron chi connectivity index (χ2n) is 7.78. The van der Waals surface area contributed by atoms with E-state index in [9.17, 15) is 14.7 Å². The molecular formula is C26H29NO5S2. The maximum atomic E-state index is 13.1. The maximum Gasteiger partial charge on any atom is 0.344 e. The first kappa shape index (κ1) is 25.8. The third kappa shape index (κ3) is 6.18. The summed E-state index contributed by atoms with van der Waals surface area (Å²) in [4.78, 5) is 26.5. The number of rotatable bonds is 11. The number of aryl methyl sites for hydroxylation is 1. The average molecular weight is 500 g/mol. The van der Waals surface area contributed by atoms with Gasteiger partial charge >= 0.3 is 5.97 Å². The fourth-order valence-electron chi connectivity index (χ4n) is 3.48. The van der Waals surface area contributed by atoms with E-state index in [0.717, 1.165) is 30.5 Å². The van der Waals surface area contributed by atoms with Gasteiger partial charge in [0.1, 0.15) is 0 Å². The number of hydrogen-bond acceptors (Lipinski definition) is 6.